The summed E-state index contributed by atoms with van der Waals surface area (Å²) in [7, 11) is 0. The Balaban J connectivity index is 1.72. The topological polar surface area (TPSA) is 59.5 Å². The summed E-state index contributed by atoms with van der Waals surface area (Å²) in [5.41, 5.74) is 3.93. The van der Waals surface area contributed by atoms with Gasteiger partial charge in [0.15, 0.2) is 5.78 Å². The second-order valence-corrected chi connectivity index (χ2v) is 11.1. The Labute approximate surface area is 208 Å². The Kier molecular flexibility index (Phi) is 6.70. The van der Waals surface area contributed by atoms with Crippen molar-refractivity contribution in [3.63, 3.8) is 0 Å². The highest BCUT2D eigenvalue weighted by molar-refractivity contribution is 9.10. The number of carbonyl (C=O) groups is 2. The fourth-order valence-electron chi connectivity index (χ4n) is 4.76. The maximum atomic E-state index is 12.6. The maximum absolute atomic E-state index is 12.6. The fourth-order valence-corrected chi connectivity index (χ4v) is 5.29. The molecule has 33 heavy (non-hydrogen) atoms. The number of piperidine rings is 1. The van der Waals surface area contributed by atoms with Crippen LogP contribution < -0.4 is 0 Å². The summed E-state index contributed by atoms with van der Waals surface area (Å²) in [6.07, 6.45) is 5.11. The van der Waals surface area contributed by atoms with Gasteiger partial charge in [0.05, 0.1) is 5.69 Å². The van der Waals surface area contributed by atoms with Gasteiger partial charge in [-0.05, 0) is 103 Å². The number of allylic oxidation sites excluding steroid dienone is 1. The number of rotatable bonds is 2. The van der Waals surface area contributed by atoms with Gasteiger partial charge in [-0.1, -0.05) is 17.7 Å². The standard InChI is InChI=1S/C26H28BrClN2O3/c1-15(31)21-12-17-11-18(27)14-29-24(17)23(20-6-5-19(28)13-22(20)21)16-7-9-30(10-8-16)25(32)33-26(2,3)4/h5-6,11-14,16,23H,7-10H2,1-4H3/t23-/m1/s1. The minimum Gasteiger partial charge on any atom is -0.444 e. The lowest BCUT2D eigenvalue weighted by atomic mass is 9.76. The fraction of sp³-hybridized carbons (Fsp3) is 0.423. The van der Waals surface area contributed by atoms with Crippen molar-refractivity contribution in [3.05, 3.63) is 62.3 Å². The van der Waals surface area contributed by atoms with Crippen molar-refractivity contribution in [2.24, 2.45) is 5.92 Å². The molecule has 2 heterocycles. The van der Waals surface area contributed by atoms with Crippen LogP contribution in [0.15, 0.2) is 34.9 Å². The van der Waals surface area contributed by atoms with Crippen LogP contribution in [0.2, 0.25) is 5.02 Å². The largest absolute Gasteiger partial charge is 0.444 e. The normalized spacial score (nSPS) is 18.7. The lowest BCUT2D eigenvalue weighted by molar-refractivity contribution is -0.111. The highest BCUT2D eigenvalue weighted by Crippen LogP contribution is 2.45. The molecule has 4 rings (SSSR count). The van der Waals surface area contributed by atoms with Crippen LogP contribution in [0.1, 0.15) is 68.8 Å². The van der Waals surface area contributed by atoms with Gasteiger partial charge in [0.25, 0.3) is 0 Å². The molecule has 1 aromatic heterocycles. The summed E-state index contributed by atoms with van der Waals surface area (Å²) >= 11 is 9.88. The number of amides is 1. The summed E-state index contributed by atoms with van der Waals surface area (Å²) in [6, 6.07) is 7.80. The van der Waals surface area contributed by atoms with E-state index in [2.05, 4.69) is 15.9 Å². The summed E-state index contributed by atoms with van der Waals surface area (Å²) in [5.74, 6) is 0.245. The van der Waals surface area contributed by atoms with E-state index in [1.165, 1.54) is 0 Å². The van der Waals surface area contributed by atoms with Crippen LogP contribution in [0.25, 0.3) is 11.6 Å². The maximum Gasteiger partial charge on any atom is 0.410 e. The zero-order valence-corrected chi connectivity index (χ0v) is 21.7. The Morgan fingerprint density at radius 1 is 1.18 bits per heavy atom. The summed E-state index contributed by atoms with van der Waals surface area (Å²) in [5, 5.41) is 0.597. The second kappa shape index (κ2) is 9.22. The molecule has 1 aromatic carbocycles. The summed E-state index contributed by atoms with van der Waals surface area (Å²) in [4.78, 5) is 31.8. The molecule has 1 atom stereocenters. The van der Waals surface area contributed by atoms with Crippen LogP contribution in [0.4, 0.5) is 4.79 Å². The number of aromatic nitrogens is 1. The molecule has 5 nitrogen and oxygen atoms in total. The number of fused-ring (bicyclic) bond motifs is 2. The highest BCUT2D eigenvalue weighted by Gasteiger charge is 2.36. The van der Waals surface area contributed by atoms with Gasteiger partial charge in [-0.15, -0.1) is 0 Å². The smallest absolute Gasteiger partial charge is 0.410 e. The summed E-state index contributed by atoms with van der Waals surface area (Å²) < 4.78 is 6.43. The van der Waals surface area contributed by atoms with Crippen molar-refractivity contribution in [1.82, 2.24) is 9.88 Å². The third-order valence-corrected chi connectivity index (χ3v) is 6.86. The summed E-state index contributed by atoms with van der Waals surface area (Å²) in [6.45, 7) is 8.47. The van der Waals surface area contributed by atoms with E-state index >= 15 is 0 Å². The first-order valence-corrected chi connectivity index (χ1v) is 12.4. The van der Waals surface area contributed by atoms with Crippen LogP contribution in [-0.2, 0) is 9.53 Å². The first-order valence-electron chi connectivity index (χ1n) is 11.2. The Morgan fingerprint density at radius 2 is 1.88 bits per heavy atom. The quantitative estimate of drug-likeness (QED) is 0.432. The number of carbonyl (C=O) groups excluding carboxylic acids is 2. The van der Waals surface area contributed by atoms with Crippen LogP contribution in [0.3, 0.4) is 0 Å². The molecule has 0 N–H and O–H groups in total. The van der Waals surface area contributed by atoms with Gasteiger partial charge in [0, 0.05) is 40.3 Å². The molecule has 174 valence electrons. The van der Waals surface area contributed by atoms with E-state index in [-0.39, 0.29) is 23.7 Å². The van der Waals surface area contributed by atoms with Crippen LogP contribution in [-0.4, -0.2) is 40.5 Å². The number of nitrogens with zero attached hydrogens (tertiary/aromatic N) is 2. The number of hydrogen-bond acceptors (Lipinski definition) is 4. The second-order valence-electron chi connectivity index (χ2n) is 9.76. The molecule has 0 saturated carbocycles. The average Bonchev–Trinajstić information content (AvgIpc) is 2.86. The average molecular weight is 532 g/mol. The first kappa shape index (κ1) is 24.0. The number of ketones is 1. The Bertz CT molecular complexity index is 1130. The predicted molar refractivity (Wildman–Crippen MR) is 134 cm³/mol. The zero-order valence-electron chi connectivity index (χ0n) is 19.3. The van der Waals surface area contributed by atoms with Crippen LogP contribution in [0, 0.1) is 5.92 Å². The van der Waals surface area contributed by atoms with Crippen LogP contribution in [0.5, 0.6) is 0 Å². The van der Waals surface area contributed by atoms with Crippen molar-refractivity contribution in [2.75, 3.05) is 13.1 Å². The molecular weight excluding hydrogens is 504 g/mol. The molecule has 1 aliphatic carbocycles. The van der Waals surface area contributed by atoms with Gasteiger partial charge >= 0.3 is 6.09 Å². The van der Waals surface area contributed by atoms with E-state index in [1.54, 1.807) is 11.8 Å². The zero-order chi connectivity index (χ0) is 23.9. The number of halogens is 2. The lowest BCUT2D eigenvalue weighted by Gasteiger charge is -2.37. The van der Waals surface area contributed by atoms with E-state index in [0.29, 0.717) is 23.7 Å². The van der Waals surface area contributed by atoms with Crippen LogP contribution >= 0.6 is 27.5 Å². The number of ether oxygens (including phenoxy) is 1. The predicted octanol–water partition coefficient (Wildman–Crippen LogP) is 6.72. The minimum atomic E-state index is -0.515. The monoisotopic (exact) mass is 530 g/mol. The molecule has 0 bridgehead atoms. The molecular formula is C26H28BrClN2O3. The number of benzene rings is 1. The molecule has 1 saturated heterocycles. The molecule has 0 spiro atoms. The minimum absolute atomic E-state index is 0.00532. The lowest BCUT2D eigenvalue weighted by Crippen LogP contribution is -2.42. The van der Waals surface area contributed by atoms with Gasteiger partial charge in [-0.3, -0.25) is 9.78 Å². The Hall–Kier alpha value is -2.18. The first-order chi connectivity index (χ1) is 15.5. The van der Waals surface area contributed by atoms with Crippen molar-refractivity contribution in [3.8, 4) is 0 Å². The molecule has 0 radical (unpaired) electrons. The van der Waals surface area contributed by atoms with E-state index < -0.39 is 5.60 Å². The number of Topliss-reactive ketones (excluding diaryl/α,β-unsaturated/α-hetero) is 1. The molecule has 1 aliphatic heterocycles. The Morgan fingerprint density at radius 3 is 2.52 bits per heavy atom. The molecule has 7 heteroatoms. The third-order valence-electron chi connectivity index (χ3n) is 6.19. The highest BCUT2D eigenvalue weighted by atomic mass is 79.9. The number of likely N-dealkylation sites (tertiary alicyclic amines) is 1. The van der Waals surface area contributed by atoms with Gasteiger partial charge < -0.3 is 9.64 Å². The van der Waals surface area contributed by atoms with Crippen molar-refractivity contribution >= 4 is 51.1 Å². The van der Waals surface area contributed by atoms with Crippen molar-refractivity contribution < 1.29 is 14.3 Å². The molecule has 1 amide bonds. The van der Waals surface area contributed by atoms with Crippen molar-refractivity contribution in [2.45, 2.75) is 52.1 Å². The van der Waals surface area contributed by atoms with Gasteiger partial charge in [-0.2, -0.15) is 0 Å². The van der Waals surface area contributed by atoms with Gasteiger partial charge in [0.2, 0.25) is 0 Å². The van der Waals surface area contributed by atoms with E-state index in [1.807, 2.05) is 57.3 Å². The van der Waals surface area contributed by atoms with Crippen molar-refractivity contribution in [1.29, 1.82) is 0 Å². The molecule has 2 aliphatic rings. The van der Waals surface area contributed by atoms with Gasteiger partial charge in [0.1, 0.15) is 5.60 Å². The molecule has 2 aromatic rings. The van der Waals surface area contributed by atoms with E-state index in [0.717, 1.165) is 39.7 Å². The SMILES string of the molecule is CC(=O)C1=Cc2cc(Br)cnc2[C@H](C2CCN(C(=O)OC(C)(C)C)CC2)c2ccc(Cl)cc21. The van der Waals surface area contributed by atoms with E-state index in [4.69, 9.17) is 21.3 Å². The van der Waals surface area contributed by atoms with E-state index in [9.17, 15) is 9.59 Å². The third kappa shape index (κ3) is 5.17. The number of hydrogen-bond donors (Lipinski definition) is 0. The molecule has 0 unspecified atom stereocenters. The number of pyridine rings is 1. The van der Waals surface area contributed by atoms with Gasteiger partial charge in [-0.25, -0.2) is 4.79 Å². The molecule has 1 fully saturated rings.